The largest absolute Gasteiger partial charge is 0.317 e. The van der Waals surface area contributed by atoms with E-state index in [1.54, 1.807) is 30.6 Å². The second-order valence-electron chi connectivity index (χ2n) is 5.45. The number of fused-ring (bicyclic) bond motifs is 1. The van der Waals surface area contributed by atoms with Crippen molar-refractivity contribution in [3.05, 3.63) is 36.7 Å². The molecule has 0 amide bonds. The monoisotopic (exact) mass is 393 g/mol. The number of benzene rings is 1. The summed E-state index contributed by atoms with van der Waals surface area (Å²) >= 11 is 0. The van der Waals surface area contributed by atoms with Crippen molar-refractivity contribution in [1.82, 2.24) is 15.0 Å². The van der Waals surface area contributed by atoms with Crippen LogP contribution in [0.25, 0.3) is 10.8 Å². The van der Waals surface area contributed by atoms with Crippen LogP contribution in [0.15, 0.2) is 41.6 Å². The number of rotatable bonds is 8. The van der Waals surface area contributed by atoms with E-state index < -0.39 is 10.0 Å². The molecule has 2 aromatic rings. The SMILES string of the molecule is CCCNCC[C@@H](C)NS(=O)(=O)c1ccc2cnccc2c1.Cl.Cl. The van der Waals surface area contributed by atoms with Gasteiger partial charge in [0.1, 0.15) is 0 Å². The first-order chi connectivity index (χ1) is 10.5. The summed E-state index contributed by atoms with van der Waals surface area (Å²) in [6.07, 6.45) is 5.22. The molecule has 8 heteroatoms. The molecule has 0 fully saturated rings. The minimum Gasteiger partial charge on any atom is -0.317 e. The molecule has 1 atom stereocenters. The van der Waals surface area contributed by atoms with Gasteiger partial charge in [0.15, 0.2) is 0 Å². The second kappa shape index (κ2) is 10.8. The van der Waals surface area contributed by atoms with Crippen molar-refractivity contribution < 1.29 is 8.42 Å². The first kappa shape index (κ1) is 23.1. The molecule has 0 aliphatic heterocycles. The fraction of sp³-hybridized carbons (Fsp3) is 0.438. The quantitative estimate of drug-likeness (QED) is 0.675. The number of nitrogens with zero attached hydrogens (tertiary/aromatic N) is 1. The molecule has 0 bridgehead atoms. The molecule has 2 N–H and O–H groups in total. The first-order valence-electron chi connectivity index (χ1n) is 7.60. The zero-order valence-corrected chi connectivity index (χ0v) is 16.3. The summed E-state index contributed by atoms with van der Waals surface area (Å²) in [5.41, 5.74) is 0. The Balaban J connectivity index is 0.00000264. The molecule has 1 aromatic heterocycles. The normalized spacial score (nSPS) is 12.2. The highest BCUT2D eigenvalue weighted by Gasteiger charge is 2.17. The average molecular weight is 394 g/mol. The van der Waals surface area contributed by atoms with Gasteiger partial charge in [-0.25, -0.2) is 13.1 Å². The minimum absolute atomic E-state index is 0. The molecule has 5 nitrogen and oxygen atoms in total. The predicted molar refractivity (Wildman–Crippen MR) is 104 cm³/mol. The van der Waals surface area contributed by atoms with Crippen molar-refractivity contribution in [2.45, 2.75) is 37.6 Å². The molecular formula is C16H25Cl2N3O2S. The molecule has 2 rings (SSSR count). The van der Waals surface area contributed by atoms with Crippen molar-refractivity contribution in [2.24, 2.45) is 0 Å². The van der Waals surface area contributed by atoms with Gasteiger partial charge in [-0.2, -0.15) is 0 Å². The van der Waals surface area contributed by atoms with Crippen molar-refractivity contribution in [1.29, 1.82) is 0 Å². The summed E-state index contributed by atoms with van der Waals surface area (Å²) in [7, 11) is -3.49. The van der Waals surface area contributed by atoms with Gasteiger partial charge in [0.25, 0.3) is 0 Å². The Kier molecular flexibility index (Phi) is 10.4. The van der Waals surface area contributed by atoms with E-state index in [-0.39, 0.29) is 30.9 Å². The summed E-state index contributed by atoms with van der Waals surface area (Å²) in [6, 6.07) is 6.79. The Morgan fingerprint density at radius 1 is 1.12 bits per heavy atom. The molecule has 1 heterocycles. The lowest BCUT2D eigenvalue weighted by atomic mass is 10.2. The van der Waals surface area contributed by atoms with Crippen LogP contribution in [0.1, 0.15) is 26.7 Å². The molecule has 0 aliphatic rings. The summed E-state index contributed by atoms with van der Waals surface area (Å²) in [5.74, 6) is 0. The smallest absolute Gasteiger partial charge is 0.240 e. The minimum atomic E-state index is -3.49. The number of hydrogen-bond donors (Lipinski definition) is 2. The molecule has 136 valence electrons. The Morgan fingerprint density at radius 3 is 2.58 bits per heavy atom. The molecule has 0 saturated heterocycles. The van der Waals surface area contributed by atoms with Gasteiger partial charge in [-0.3, -0.25) is 4.98 Å². The average Bonchev–Trinajstić information content (AvgIpc) is 2.50. The van der Waals surface area contributed by atoms with Crippen LogP contribution in [0.3, 0.4) is 0 Å². The van der Waals surface area contributed by atoms with E-state index in [0.29, 0.717) is 4.90 Å². The van der Waals surface area contributed by atoms with Gasteiger partial charge in [-0.1, -0.05) is 13.0 Å². The van der Waals surface area contributed by atoms with Crippen LogP contribution >= 0.6 is 24.8 Å². The number of sulfonamides is 1. The summed E-state index contributed by atoms with van der Waals surface area (Å²) in [4.78, 5) is 4.32. The van der Waals surface area contributed by atoms with Crippen molar-refractivity contribution in [2.75, 3.05) is 13.1 Å². The van der Waals surface area contributed by atoms with Crippen LogP contribution < -0.4 is 10.0 Å². The molecule has 0 unspecified atom stereocenters. The van der Waals surface area contributed by atoms with E-state index in [9.17, 15) is 8.42 Å². The molecule has 0 aliphatic carbocycles. The third-order valence-corrected chi connectivity index (χ3v) is 5.05. The van der Waals surface area contributed by atoms with Gasteiger partial charge in [0.2, 0.25) is 10.0 Å². The van der Waals surface area contributed by atoms with Crippen LogP contribution in [0.2, 0.25) is 0 Å². The zero-order chi connectivity index (χ0) is 16.0. The Labute approximate surface area is 156 Å². The van der Waals surface area contributed by atoms with E-state index in [4.69, 9.17) is 0 Å². The van der Waals surface area contributed by atoms with Crippen LogP contribution in [0, 0.1) is 0 Å². The topological polar surface area (TPSA) is 71.1 Å². The van der Waals surface area contributed by atoms with Gasteiger partial charge in [0.05, 0.1) is 4.90 Å². The van der Waals surface area contributed by atoms with Crippen molar-refractivity contribution in [3.8, 4) is 0 Å². The molecule has 24 heavy (non-hydrogen) atoms. The van der Waals surface area contributed by atoms with Gasteiger partial charge in [-0.15, -0.1) is 24.8 Å². The van der Waals surface area contributed by atoms with Crippen LogP contribution in [0.4, 0.5) is 0 Å². The number of aromatic nitrogens is 1. The standard InChI is InChI=1S/C16H23N3O2S.2ClH/c1-3-8-17-9-6-13(2)19-22(20,21)16-5-4-15-12-18-10-7-14(15)11-16;;/h4-5,7,10-13,17,19H,3,6,8-9H2,1-2H3;2*1H/t13-;;/m1../s1. The molecule has 0 saturated carbocycles. The maximum atomic E-state index is 12.4. The number of halogens is 2. The van der Waals surface area contributed by atoms with Gasteiger partial charge in [-0.05, 0) is 56.4 Å². The predicted octanol–water partition coefficient (Wildman–Crippen LogP) is 3.13. The maximum Gasteiger partial charge on any atom is 0.240 e. The highest BCUT2D eigenvalue weighted by Crippen LogP contribution is 2.18. The lowest BCUT2D eigenvalue weighted by Gasteiger charge is -2.15. The molecule has 1 aromatic carbocycles. The Morgan fingerprint density at radius 2 is 1.88 bits per heavy atom. The number of pyridine rings is 1. The number of hydrogen-bond acceptors (Lipinski definition) is 4. The van der Waals surface area contributed by atoms with E-state index >= 15 is 0 Å². The van der Waals surface area contributed by atoms with Crippen LogP contribution in [0.5, 0.6) is 0 Å². The van der Waals surface area contributed by atoms with Crippen molar-refractivity contribution >= 4 is 45.6 Å². The Hall–Kier alpha value is -0.920. The highest BCUT2D eigenvalue weighted by atomic mass is 35.5. The van der Waals surface area contributed by atoms with Gasteiger partial charge >= 0.3 is 0 Å². The lowest BCUT2D eigenvalue weighted by molar-refractivity contribution is 0.529. The Bertz CT molecular complexity index is 726. The summed E-state index contributed by atoms with van der Waals surface area (Å²) in [6.45, 7) is 5.75. The maximum absolute atomic E-state index is 12.4. The second-order valence-corrected chi connectivity index (χ2v) is 7.16. The highest BCUT2D eigenvalue weighted by molar-refractivity contribution is 7.89. The lowest BCUT2D eigenvalue weighted by Crippen LogP contribution is -2.35. The van der Waals surface area contributed by atoms with Gasteiger partial charge < -0.3 is 5.32 Å². The van der Waals surface area contributed by atoms with Crippen molar-refractivity contribution in [3.63, 3.8) is 0 Å². The molecular weight excluding hydrogens is 369 g/mol. The molecule has 0 spiro atoms. The van der Waals surface area contributed by atoms with E-state index in [1.165, 1.54) is 0 Å². The summed E-state index contributed by atoms with van der Waals surface area (Å²) in [5, 5.41) is 5.07. The van der Waals surface area contributed by atoms with Gasteiger partial charge in [0, 0.05) is 23.8 Å². The third-order valence-electron chi connectivity index (χ3n) is 3.46. The fourth-order valence-corrected chi connectivity index (χ4v) is 3.55. The van der Waals surface area contributed by atoms with E-state index in [0.717, 1.165) is 36.7 Å². The fourth-order valence-electron chi connectivity index (χ4n) is 2.24. The first-order valence-corrected chi connectivity index (χ1v) is 9.08. The summed E-state index contributed by atoms with van der Waals surface area (Å²) < 4.78 is 27.6. The van der Waals surface area contributed by atoms with E-state index in [2.05, 4.69) is 21.9 Å². The molecule has 0 radical (unpaired) electrons. The van der Waals surface area contributed by atoms with E-state index in [1.807, 2.05) is 13.0 Å². The third kappa shape index (κ3) is 6.53. The zero-order valence-electron chi connectivity index (χ0n) is 13.9. The van der Waals surface area contributed by atoms with Crippen LogP contribution in [-0.2, 0) is 10.0 Å². The van der Waals surface area contributed by atoms with Crippen LogP contribution in [-0.4, -0.2) is 32.5 Å². The number of nitrogens with one attached hydrogen (secondary N) is 2.